The Balaban J connectivity index is 2.98. The maximum atomic E-state index is 11.4. The molecule has 0 saturated carbocycles. The molecule has 0 radical (unpaired) electrons. The van der Waals surface area contributed by atoms with Crippen LogP contribution in [0.5, 0.6) is 0 Å². The van der Waals surface area contributed by atoms with Gasteiger partial charge in [-0.1, -0.05) is 0 Å². The molecule has 3 N–H and O–H groups in total. The van der Waals surface area contributed by atoms with Gasteiger partial charge < -0.3 is 29.1 Å². The Morgan fingerprint density at radius 1 is 1.39 bits per heavy atom. The van der Waals surface area contributed by atoms with Gasteiger partial charge in [0, 0.05) is 0 Å². The highest BCUT2D eigenvalue weighted by atomic mass is 31.2. The van der Waals surface area contributed by atoms with Gasteiger partial charge in [0.15, 0.2) is 11.9 Å². The number of aliphatic hydroxyl groups is 1. The van der Waals surface area contributed by atoms with Crippen LogP contribution in [0, 0.1) is 0 Å². The molecule has 2 atom stereocenters. The van der Waals surface area contributed by atoms with Crippen LogP contribution in [0.4, 0.5) is 0 Å². The van der Waals surface area contributed by atoms with Crippen molar-refractivity contribution in [2.24, 2.45) is 0 Å². The number of carbonyl (C=O) groups is 1. The summed E-state index contributed by atoms with van der Waals surface area (Å²) in [6.45, 7) is -0.785. The molecular formula is C8H13O9P. The normalized spacial score (nSPS) is 21.8. The lowest BCUT2D eigenvalue weighted by Gasteiger charge is -2.22. The van der Waals surface area contributed by atoms with Gasteiger partial charge in [0.05, 0.1) is 20.8 Å². The average Bonchev–Trinajstić information content (AvgIpc) is 2.60. The number of phosphoric acid groups is 1. The van der Waals surface area contributed by atoms with Crippen molar-refractivity contribution in [2.75, 3.05) is 20.8 Å². The average molecular weight is 284 g/mol. The van der Waals surface area contributed by atoms with Gasteiger partial charge in [-0.3, -0.25) is 4.52 Å². The number of ether oxygens (including phenoxy) is 3. The third-order valence-corrected chi connectivity index (χ3v) is 2.66. The van der Waals surface area contributed by atoms with Gasteiger partial charge in [-0.15, -0.1) is 0 Å². The summed E-state index contributed by atoms with van der Waals surface area (Å²) in [7, 11) is -2.42. The fraction of sp³-hybridized carbons (Fsp3) is 0.625. The van der Waals surface area contributed by atoms with Crippen LogP contribution in [-0.4, -0.2) is 53.9 Å². The lowest BCUT2D eigenvalue weighted by Crippen LogP contribution is -2.34. The van der Waals surface area contributed by atoms with Crippen LogP contribution in [-0.2, 0) is 28.1 Å². The first-order chi connectivity index (χ1) is 8.34. The summed E-state index contributed by atoms with van der Waals surface area (Å²) >= 11 is 0. The molecule has 0 aromatic carbocycles. The van der Waals surface area contributed by atoms with Crippen LogP contribution in [0.2, 0.25) is 0 Å². The highest BCUT2D eigenvalue weighted by Gasteiger charge is 2.44. The molecule has 0 aromatic heterocycles. The van der Waals surface area contributed by atoms with Gasteiger partial charge in [-0.2, -0.15) is 0 Å². The number of esters is 1. The van der Waals surface area contributed by atoms with E-state index in [1.54, 1.807) is 0 Å². The molecule has 0 saturated heterocycles. The van der Waals surface area contributed by atoms with Crippen molar-refractivity contribution in [3.05, 3.63) is 11.5 Å². The molecule has 0 aromatic rings. The maximum Gasteiger partial charge on any atom is 0.470 e. The highest BCUT2D eigenvalue weighted by Crippen LogP contribution is 2.40. The molecule has 1 aliphatic rings. The van der Waals surface area contributed by atoms with Crippen molar-refractivity contribution < 1.29 is 43.0 Å². The Kier molecular flexibility index (Phi) is 4.71. The SMILES string of the molecule is COC1=C(OC)C(C(CO)OP(=O)(O)O)OC1=O. The first kappa shape index (κ1) is 14.9. The predicted octanol–water partition coefficient (Wildman–Crippen LogP) is -1.11. The smallest absolute Gasteiger partial charge is 0.470 e. The Morgan fingerprint density at radius 2 is 2.00 bits per heavy atom. The largest absolute Gasteiger partial charge is 0.493 e. The van der Waals surface area contributed by atoms with Crippen LogP contribution in [0.3, 0.4) is 0 Å². The molecule has 0 fully saturated rings. The van der Waals surface area contributed by atoms with Crippen molar-refractivity contribution in [3.8, 4) is 0 Å². The molecule has 0 aliphatic carbocycles. The van der Waals surface area contributed by atoms with Gasteiger partial charge in [0.2, 0.25) is 5.76 Å². The van der Waals surface area contributed by atoms with Crippen molar-refractivity contribution in [1.29, 1.82) is 0 Å². The topological polar surface area (TPSA) is 132 Å². The first-order valence-corrected chi connectivity index (χ1v) is 6.25. The van der Waals surface area contributed by atoms with Crippen LogP contribution >= 0.6 is 7.82 Å². The molecule has 18 heavy (non-hydrogen) atoms. The Labute approximate surface area is 102 Å². The van der Waals surface area contributed by atoms with E-state index in [0.29, 0.717) is 0 Å². The van der Waals surface area contributed by atoms with Crippen LogP contribution in [0.25, 0.3) is 0 Å². The van der Waals surface area contributed by atoms with E-state index in [0.717, 1.165) is 0 Å². The fourth-order valence-electron chi connectivity index (χ4n) is 1.45. The van der Waals surface area contributed by atoms with E-state index in [1.165, 1.54) is 14.2 Å². The molecule has 0 bridgehead atoms. The summed E-state index contributed by atoms with van der Waals surface area (Å²) in [6.07, 6.45) is -2.74. The zero-order valence-corrected chi connectivity index (χ0v) is 10.5. The van der Waals surface area contributed by atoms with Gasteiger partial charge in [-0.05, 0) is 0 Å². The second-order valence-electron chi connectivity index (χ2n) is 3.24. The zero-order chi connectivity index (χ0) is 13.9. The standard InChI is InChI=1S/C8H13O9P/c1-14-6-5(16-8(10)7(6)15-2)4(3-9)17-18(11,12)13/h4-5,9H,3H2,1-2H3,(H2,11,12,13). The minimum Gasteiger partial charge on any atom is -0.493 e. The van der Waals surface area contributed by atoms with Crippen LogP contribution in [0.1, 0.15) is 0 Å². The van der Waals surface area contributed by atoms with E-state index >= 15 is 0 Å². The van der Waals surface area contributed by atoms with Gasteiger partial charge >= 0.3 is 13.8 Å². The summed E-state index contributed by atoms with van der Waals surface area (Å²) in [4.78, 5) is 28.7. The number of carbonyl (C=O) groups excluding carboxylic acids is 1. The minimum atomic E-state index is -4.85. The molecule has 2 unspecified atom stereocenters. The predicted molar refractivity (Wildman–Crippen MR) is 54.9 cm³/mol. The number of hydrogen-bond acceptors (Lipinski definition) is 7. The quantitative estimate of drug-likeness (QED) is 0.410. The summed E-state index contributed by atoms with van der Waals surface area (Å²) in [5.41, 5.74) is 0. The Hall–Kier alpha value is -1.12. The number of aliphatic hydroxyl groups excluding tert-OH is 1. The Bertz CT molecular complexity index is 397. The highest BCUT2D eigenvalue weighted by molar-refractivity contribution is 7.46. The number of phosphoric ester groups is 1. The minimum absolute atomic E-state index is 0.102. The summed E-state index contributed by atoms with van der Waals surface area (Å²) in [6, 6.07) is 0. The molecule has 1 heterocycles. The molecule has 10 heteroatoms. The van der Waals surface area contributed by atoms with Crippen molar-refractivity contribution >= 4 is 13.8 Å². The van der Waals surface area contributed by atoms with E-state index < -0.39 is 32.6 Å². The van der Waals surface area contributed by atoms with E-state index in [4.69, 9.17) is 29.1 Å². The number of rotatable bonds is 6. The van der Waals surface area contributed by atoms with Gasteiger partial charge in [0.1, 0.15) is 6.10 Å². The van der Waals surface area contributed by atoms with Gasteiger partial charge in [-0.25, -0.2) is 9.36 Å². The second-order valence-corrected chi connectivity index (χ2v) is 4.44. The molecule has 9 nitrogen and oxygen atoms in total. The number of methoxy groups -OCH3 is 2. The van der Waals surface area contributed by atoms with E-state index in [2.05, 4.69) is 4.52 Å². The third kappa shape index (κ3) is 3.21. The summed E-state index contributed by atoms with van der Waals surface area (Å²) < 4.78 is 29.4. The molecule has 1 aliphatic heterocycles. The maximum absolute atomic E-state index is 11.4. The van der Waals surface area contributed by atoms with E-state index in [9.17, 15) is 9.36 Å². The van der Waals surface area contributed by atoms with Crippen LogP contribution in [0.15, 0.2) is 11.5 Å². The van der Waals surface area contributed by atoms with E-state index in [-0.39, 0.29) is 11.5 Å². The first-order valence-electron chi connectivity index (χ1n) is 4.72. The molecule has 0 amide bonds. The lowest BCUT2D eigenvalue weighted by molar-refractivity contribution is -0.147. The van der Waals surface area contributed by atoms with Crippen molar-refractivity contribution in [2.45, 2.75) is 12.2 Å². The van der Waals surface area contributed by atoms with Crippen molar-refractivity contribution in [3.63, 3.8) is 0 Å². The number of cyclic esters (lactones) is 1. The monoisotopic (exact) mass is 284 g/mol. The molecular weight excluding hydrogens is 271 g/mol. The summed E-state index contributed by atoms with van der Waals surface area (Å²) in [5.74, 6) is -1.21. The molecule has 104 valence electrons. The zero-order valence-electron chi connectivity index (χ0n) is 9.60. The third-order valence-electron chi connectivity index (χ3n) is 2.12. The summed E-state index contributed by atoms with van der Waals surface area (Å²) in [5, 5.41) is 9.03. The lowest BCUT2D eigenvalue weighted by atomic mass is 10.2. The van der Waals surface area contributed by atoms with E-state index in [1.807, 2.05) is 0 Å². The fourth-order valence-corrected chi connectivity index (χ4v) is 1.98. The van der Waals surface area contributed by atoms with Gasteiger partial charge in [0.25, 0.3) is 0 Å². The second kappa shape index (κ2) is 5.68. The van der Waals surface area contributed by atoms with Crippen molar-refractivity contribution in [1.82, 2.24) is 0 Å². The molecule has 1 rings (SSSR count). The Morgan fingerprint density at radius 3 is 2.39 bits per heavy atom. The number of hydrogen-bond donors (Lipinski definition) is 3. The van der Waals surface area contributed by atoms with Crippen LogP contribution < -0.4 is 0 Å². The molecule has 0 spiro atoms.